The van der Waals surface area contributed by atoms with E-state index in [1.807, 2.05) is 67.6 Å². The van der Waals surface area contributed by atoms with Crippen LogP contribution in [0.3, 0.4) is 0 Å². The molecular formula is C27H30O4S. The van der Waals surface area contributed by atoms with Gasteiger partial charge in [-0.3, -0.25) is 0 Å². The summed E-state index contributed by atoms with van der Waals surface area (Å²) in [5, 5.41) is 11.3. The van der Waals surface area contributed by atoms with Crippen LogP contribution in [0, 0.1) is 6.92 Å². The summed E-state index contributed by atoms with van der Waals surface area (Å²) in [5.74, 6) is 0. The minimum atomic E-state index is -0.831. The van der Waals surface area contributed by atoms with Crippen molar-refractivity contribution in [2.45, 2.75) is 61.8 Å². The van der Waals surface area contributed by atoms with Gasteiger partial charge in [-0.15, -0.1) is 0 Å². The zero-order valence-corrected chi connectivity index (χ0v) is 19.3. The van der Waals surface area contributed by atoms with Gasteiger partial charge < -0.3 is 19.3 Å². The maximum Gasteiger partial charge on any atom is 0.136 e. The van der Waals surface area contributed by atoms with Gasteiger partial charge in [-0.25, -0.2) is 0 Å². The molecule has 4 nitrogen and oxygen atoms in total. The van der Waals surface area contributed by atoms with Gasteiger partial charge in [0.25, 0.3) is 0 Å². The second-order valence-electron chi connectivity index (χ2n) is 8.15. The molecular weight excluding hydrogens is 420 g/mol. The summed E-state index contributed by atoms with van der Waals surface area (Å²) in [7, 11) is 0. The molecule has 0 aliphatic carbocycles. The fourth-order valence-corrected chi connectivity index (χ4v) is 4.88. The molecule has 0 unspecified atom stereocenters. The Morgan fingerprint density at radius 3 is 1.88 bits per heavy atom. The average Bonchev–Trinajstić information content (AvgIpc) is 2.82. The molecule has 168 valence electrons. The van der Waals surface area contributed by atoms with Gasteiger partial charge in [0.1, 0.15) is 23.7 Å². The molecule has 1 aliphatic rings. The fraction of sp³-hybridized carbons (Fsp3) is 0.333. The first kappa shape index (κ1) is 23.0. The van der Waals surface area contributed by atoms with E-state index in [1.54, 1.807) is 0 Å². The van der Waals surface area contributed by atoms with Crippen LogP contribution in [-0.4, -0.2) is 35.0 Å². The lowest BCUT2D eigenvalue weighted by molar-refractivity contribution is -0.229. The van der Waals surface area contributed by atoms with E-state index in [0.717, 1.165) is 16.0 Å². The van der Waals surface area contributed by atoms with Crippen LogP contribution in [0.5, 0.6) is 0 Å². The Hall–Kier alpha value is -2.15. The van der Waals surface area contributed by atoms with Crippen molar-refractivity contribution in [2.75, 3.05) is 0 Å². The van der Waals surface area contributed by atoms with Crippen LogP contribution in [0.1, 0.15) is 23.6 Å². The van der Waals surface area contributed by atoms with Crippen molar-refractivity contribution in [2.24, 2.45) is 0 Å². The van der Waals surface area contributed by atoms with Crippen LogP contribution in [0.4, 0.5) is 0 Å². The van der Waals surface area contributed by atoms with Crippen molar-refractivity contribution in [3.05, 3.63) is 102 Å². The maximum atomic E-state index is 11.3. The van der Waals surface area contributed by atoms with E-state index in [1.165, 1.54) is 17.3 Å². The van der Waals surface area contributed by atoms with Gasteiger partial charge in [0.2, 0.25) is 0 Å². The third-order valence-electron chi connectivity index (χ3n) is 5.59. The molecule has 5 heteroatoms. The molecule has 1 saturated heterocycles. The van der Waals surface area contributed by atoms with E-state index in [0.29, 0.717) is 13.2 Å². The number of hydrogen-bond donors (Lipinski definition) is 1. The molecule has 0 spiro atoms. The highest BCUT2D eigenvalue weighted by molar-refractivity contribution is 7.99. The summed E-state index contributed by atoms with van der Waals surface area (Å²) in [6, 6.07) is 28.3. The number of ether oxygens (including phenoxy) is 3. The number of benzene rings is 3. The van der Waals surface area contributed by atoms with Crippen LogP contribution in [-0.2, 0) is 27.4 Å². The smallest absolute Gasteiger partial charge is 0.136 e. The molecule has 0 amide bonds. The van der Waals surface area contributed by atoms with Gasteiger partial charge in [0.15, 0.2) is 0 Å². The van der Waals surface area contributed by atoms with E-state index in [4.69, 9.17) is 14.2 Å². The molecule has 0 aromatic heterocycles. The van der Waals surface area contributed by atoms with Crippen LogP contribution in [0.2, 0.25) is 0 Å². The second kappa shape index (κ2) is 11.1. The van der Waals surface area contributed by atoms with Crippen molar-refractivity contribution < 1.29 is 19.3 Å². The first-order valence-electron chi connectivity index (χ1n) is 11.0. The first-order valence-corrected chi connectivity index (χ1v) is 11.9. The minimum Gasteiger partial charge on any atom is -0.387 e. The highest BCUT2D eigenvalue weighted by Gasteiger charge is 2.45. The van der Waals surface area contributed by atoms with Crippen LogP contribution in [0.15, 0.2) is 89.8 Å². The molecule has 1 aliphatic heterocycles. The van der Waals surface area contributed by atoms with Gasteiger partial charge in [0, 0.05) is 4.90 Å². The van der Waals surface area contributed by atoms with Gasteiger partial charge >= 0.3 is 0 Å². The summed E-state index contributed by atoms with van der Waals surface area (Å²) in [5.41, 5.74) is 2.90. The number of hydrogen-bond acceptors (Lipinski definition) is 5. The van der Waals surface area contributed by atoms with Crippen LogP contribution in [0.25, 0.3) is 0 Å². The molecule has 1 N–H and O–H groups in total. The second-order valence-corrected chi connectivity index (χ2v) is 9.33. The van der Waals surface area contributed by atoms with E-state index < -0.39 is 17.6 Å². The highest BCUT2D eigenvalue weighted by Crippen LogP contribution is 2.36. The lowest BCUT2D eigenvalue weighted by Crippen LogP contribution is -2.57. The van der Waals surface area contributed by atoms with Crippen molar-refractivity contribution in [3.63, 3.8) is 0 Å². The molecule has 1 heterocycles. The predicted molar refractivity (Wildman–Crippen MR) is 127 cm³/mol. The third-order valence-corrected chi connectivity index (χ3v) is 6.76. The minimum absolute atomic E-state index is 0.231. The van der Waals surface area contributed by atoms with E-state index in [9.17, 15) is 5.11 Å². The summed E-state index contributed by atoms with van der Waals surface area (Å²) < 4.78 is 18.7. The van der Waals surface area contributed by atoms with E-state index in [-0.39, 0.29) is 12.2 Å². The monoisotopic (exact) mass is 450 g/mol. The Bertz CT molecular complexity index is 948. The van der Waals surface area contributed by atoms with Gasteiger partial charge in [0.05, 0.1) is 19.3 Å². The quantitative estimate of drug-likeness (QED) is 0.500. The predicted octanol–water partition coefficient (Wildman–Crippen LogP) is 5.36. The van der Waals surface area contributed by atoms with Crippen molar-refractivity contribution in [1.29, 1.82) is 0 Å². The largest absolute Gasteiger partial charge is 0.387 e. The number of aliphatic hydroxyl groups is 1. The van der Waals surface area contributed by atoms with Crippen molar-refractivity contribution in [3.8, 4) is 0 Å². The van der Waals surface area contributed by atoms with Crippen LogP contribution < -0.4 is 0 Å². The Kier molecular flexibility index (Phi) is 8.00. The van der Waals surface area contributed by atoms with Crippen LogP contribution >= 0.6 is 11.8 Å². The number of rotatable bonds is 8. The fourth-order valence-electron chi connectivity index (χ4n) is 3.79. The molecule has 1 fully saturated rings. The Labute approximate surface area is 194 Å². The molecule has 3 aromatic rings. The Morgan fingerprint density at radius 1 is 0.781 bits per heavy atom. The van der Waals surface area contributed by atoms with Gasteiger partial charge in [-0.1, -0.05) is 90.1 Å². The van der Waals surface area contributed by atoms with Gasteiger partial charge in [-0.2, -0.15) is 0 Å². The first-order chi connectivity index (χ1) is 15.6. The summed E-state index contributed by atoms with van der Waals surface area (Å²) in [6.07, 6.45) is -1.96. The zero-order chi connectivity index (χ0) is 22.3. The Balaban J connectivity index is 1.49. The summed E-state index contributed by atoms with van der Waals surface area (Å²) in [4.78, 5) is 1.05. The SMILES string of the molecule is Cc1ccc(S[C@@H]2O[C@@H](C)[C@H](OCc3ccccc3)[C@@H](OCc3ccccc3)[C@H]2O)cc1. The molecule has 0 radical (unpaired) electrons. The molecule has 0 bridgehead atoms. The lowest BCUT2D eigenvalue weighted by Gasteiger charge is -2.43. The number of aryl methyl sites for hydroxylation is 1. The molecule has 5 atom stereocenters. The molecule has 32 heavy (non-hydrogen) atoms. The summed E-state index contributed by atoms with van der Waals surface area (Å²) in [6.45, 7) is 4.89. The zero-order valence-electron chi connectivity index (χ0n) is 18.5. The van der Waals surface area contributed by atoms with Gasteiger partial charge in [-0.05, 0) is 37.1 Å². The maximum absolute atomic E-state index is 11.3. The third kappa shape index (κ3) is 6.00. The standard InChI is InChI=1S/C27H30O4S/c1-19-13-15-23(16-14-19)32-27-24(28)26(30-18-22-11-7-4-8-12-22)25(20(2)31-27)29-17-21-9-5-3-6-10-21/h3-16,20,24-28H,17-18H2,1-2H3/t20-,24+,25-,26-,27-/m0/s1. The van der Waals surface area contributed by atoms with Crippen molar-refractivity contribution in [1.82, 2.24) is 0 Å². The van der Waals surface area contributed by atoms with E-state index in [2.05, 4.69) is 31.2 Å². The number of thioether (sulfide) groups is 1. The van der Waals surface area contributed by atoms with Crippen molar-refractivity contribution >= 4 is 11.8 Å². The molecule has 4 rings (SSSR count). The highest BCUT2D eigenvalue weighted by atomic mass is 32.2. The number of aliphatic hydroxyl groups excluding tert-OH is 1. The molecule has 0 saturated carbocycles. The average molecular weight is 451 g/mol. The topological polar surface area (TPSA) is 47.9 Å². The summed E-state index contributed by atoms with van der Waals surface area (Å²) >= 11 is 1.52. The normalized spacial score (nSPS) is 25.5. The van der Waals surface area contributed by atoms with E-state index >= 15 is 0 Å². The molecule has 3 aromatic carbocycles. The Morgan fingerprint density at radius 2 is 1.31 bits per heavy atom. The lowest BCUT2D eigenvalue weighted by atomic mass is 10.00.